The van der Waals surface area contributed by atoms with Crippen molar-refractivity contribution in [2.24, 2.45) is 0 Å². The quantitative estimate of drug-likeness (QED) is 0.532. The highest BCUT2D eigenvalue weighted by molar-refractivity contribution is 6.30. The molecule has 2 rings (SSSR count). The number of carbonyl (C=O) groups is 1. The third-order valence-electron chi connectivity index (χ3n) is 3.26. The number of benzene rings is 2. The molecule has 0 aliphatic carbocycles. The lowest BCUT2D eigenvalue weighted by molar-refractivity contribution is 0.0509. The Hall–Kier alpha value is -1.75. The maximum atomic E-state index is 12.0. The minimum Gasteiger partial charge on any atom is -0.426 e. The molecule has 0 N–H and O–H groups in total. The predicted octanol–water partition coefficient (Wildman–Crippen LogP) is 4.97. The molecule has 24 heavy (non-hydrogen) atoms. The predicted molar refractivity (Wildman–Crippen MR) is 98.2 cm³/mol. The summed E-state index contributed by atoms with van der Waals surface area (Å²) in [4.78, 5) is 14.1. The Morgan fingerprint density at radius 2 is 1.71 bits per heavy atom. The van der Waals surface area contributed by atoms with Gasteiger partial charge in [0.05, 0.1) is 0 Å². The molecule has 0 saturated heterocycles. The Bertz CT molecular complexity index is 618. The van der Waals surface area contributed by atoms with Crippen LogP contribution in [0, 0.1) is 0 Å². The zero-order valence-corrected chi connectivity index (χ0v) is 15.2. The molecule has 6 heteroatoms. The molecule has 0 heterocycles. The summed E-state index contributed by atoms with van der Waals surface area (Å²) >= 11 is 5.92. The summed E-state index contributed by atoms with van der Waals surface area (Å²) in [7, 11) is 3.95. The van der Waals surface area contributed by atoms with Crippen molar-refractivity contribution in [3.63, 3.8) is 0 Å². The standard InChI is InChI=1S/C18H20ClNO3.ClH/c1-20(2)13-12-17(14-8-10-15(19)11-9-14)23-18(21)22-16-6-4-3-5-7-16;/h3-11,17H,12-13H2,1-2H3;1H. The van der Waals surface area contributed by atoms with Gasteiger partial charge in [0.2, 0.25) is 0 Å². The van der Waals surface area contributed by atoms with Crippen molar-refractivity contribution < 1.29 is 14.3 Å². The van der Waals surface area contributed by atoms with Crippen LogP contribution >= 0.6 is 24.0 Å². The molecule has 0 aromatic heterocycles. The average molecular weight is 370 g/mol. The highest BCUT2D eigenvalue weighted by atomic mass is 35.5. The van der Waals surface area contributed by atoms with Gasteiger partial charge in [0.15, 0.2) is 0 Å². The SMILES string of the molecule is CN(C)CCC(OC(=O)Oc1ccccc1)c1ccc(Cl)cc1.Cl. The number of halogens is 2. The normalized spacial score (nSPS) is 11.5. The molecule has 0 radical (unpaired) electrons. The lowest BCUT2D eigenvalue weighted by Crippen LogP contribution is -2.20. The smallest absolute Gasteiger partial charge is 0.426 e. The van der Waals surface area contributed by atoms with E-state index < -0.39 is 6.16 Å². The van der Waals surface area contributed by atoms with E-state index in [-0.39, 0.29) is 18.5 Å². The molecule has 0 bridgehead atoms. The van der Waals surface area contributed by atoms with Crippen LogP contribution in [-0.4, -0.2) is 31.7 Å². The molecule has 0 aliphatic heterocycles. The molecule has 130 valence electrons. The van der Waals surface area contributed by atoms with Crippen molar-refractivity contribution in [1.82, 2.24) is 4.90 Å². The van der Waals surface area contributed by atoms with E-state index in [2.05, 4.69) is 0 Å². The van der Waals surface area contributed by atoms with Gasteiger partial charge in [-0.15, -0.1) is 12.4 Å². The first-order valence-electron chi connectivity index (χ1n) is 7.38. The van der Waals surface area contributed by atoms with E-state index in [1.165, 1.54) is 0 Å². The van der Waals surface area contributed by atoms with E-state index in [1.807, 2.05) is 37.2 Å². The molecule has 4 nitrogen and oxygen atoms in total. The Kier molecular flexibility index (Phi) is 8.61. The van der Waals surface area contributed by atoms with Crippen molar-refractivity contribution >= 4 is 30.2 Å². The molecule has 2 aromatic rings. The number of para-hydroxylation sites is 1. The van der Waals surface area contributed by atoms with Crippen LogP contribution in [0.1, 0.15) is 18.1 Å². The van der Waals surface area contributed by atoms with Gasteiger partial charge in [0, 0.05) is 18.0 Å². The van der Waals surface area contributed by atoms with Crippen LogP contribution in [0.4, 0.5) is 4.79 Å². The fraction of sp³-hybridized carbons (Fsp3) is 0.278. The van der Waals surface area contributed by atoms with E-state index in [0.29, 0.717) is 17.2 Å². The van der Waals surface area contributed by atoms with E-state index >= 15 is 0 Å². The summed E-state index contributed by atoms with van der Waals surface area (Å²) in [6.45, 7) is 0.784. The lowest BCUT2D eigenvalue weighted by atomic mass is 10.1. The van der Waals surface area contributed by atoms with E-state index in [4.69, 9.17) is 21.1 Å². The van der Waals surface area contributed by atoms with Crippen molar-refractivity contribution in [2.45, 2.75) is 12.5 Å². The summed E-state index contributed by atoms with van der Waals surface area (Å²) < 4.78 is 10.7. The number of hydrogen-bond acceptors (Lipinski definition) is 4. The third kappa shape index (κ3) is 6.79. The molecule has 0 aliphatic rings. The van der Waals surface area contributed by atoms with E-state index in [0.717, 1.165) is 12.1 Å². The fourth-order valence-corrected chi connectivity index (χ4v) is 2.20. The Labute approximate surface area is 153 Å². The molecule has 1 atom stereocenters. The van der Waals surface area contributed by atoms with E-state index in [1.54, 1.807) is 36.4 Å². The molecule has 0 spiro atoms. The number of ether oxygens (including phenoxy) is 2. The fourth-order valence-electron chi connectivity index (χ4n) is 2.07. The van der Waals surface area contributed by atoms with Crippen LogP contribution in [0.15, 0.2) is 54.6 Å². The van der Waals surface area contributed by atoms with Gasteiger partial charge in [-0.2, -0.15) is 0 Å². The first kappa shape index (κ1) is 20.3. The summed E-state index contributed by atoms with van der Waals surface area (Å²) in [6.07, 6.45) is -0.431. The highest BCUT2D eigenvalue weighted by Crippen LogP contribution is 2.24. The van der Waals surface area contributed by atoms with Gasteiger partial charge in [-0.3, -0.25) is 0 Å². The molecule has 0 saturated carbocycles. The van der Waals surface area contributed by atoms with Gasteiger partial charge in [0.1, 0.15) is 11.9 Å². The molecule has 2 aromatic carbocycles. The second-order valence-corrected chi connectivity index (χ2v) is 5.85. The first-order valence-corrected chi connectivity index (χ1v) is 7.76. The first-order chi connectivity index (χ1) is 11.0. The summed E-state index contributed by atoms with van der Waals surface area (Å²) in [5.74, 6) is 0.458. The topological polar surface area (TPSA) is 38.8 Å². The number of carbonyl (C=O) groups excluding carboxylic acids is 1. The monoisotopic (exact) mass is 369 g/mol. The zero-order valence-electron chi connectivity index (χ0n) is 13.6. The molecule has 1 unspecified atom stereocenters. The largest absolute Gasteiger partial charge is 0.514 e. The van der Waals surface area contributed by atoms with Gasteiger partial charge in [-0.1, -0.05) is 41.9 Å². The van der Waals surface area contributed by atoms with Crippen molar-refractivity contribution in [3.8, 4) is 5.75 Å². The minimum atomic E-state index is -0.713. The molecular formula is C18H21Cl2NO3. The van der Waals surface area contributed by atoms with Gasteiger partial charge in [-0.05, 0) is 43.9 Å². The van der Waals surface area contributed by atoms with Crippen LogP contribution in [-0.2, 0) is 4.74 Å². The molecule has 0 fully saturated rings. The minimum absolute atomic E-state index is 0. The molecular weight excluding hydrogens is 349 g/mol. The molecule has 0 amide bonds. The summed E-state index contributed by atoms with van der Waals surface area (Å²) in [5, 5.41) is 0.645. The second kappa shape index (κ2) is 10.2. The second-order valence-electron chi connectivity index (χ2n) is 5.42. The number of hydrogen-bond donors (Lipinski definition) is 0. The lowest BCUT2D eigenvalue weighted by Gasteiger charge is -2.20. The van der Waals surface area contributed by atoms with Crippen LogP contribution < -0.4 is 4.74 Å². The van der Waals surface area contributed by atoms with Crippen LogP contribution in [0.5, 0.6) is 5.75 Å². The van der Waals surface area contributed by atoms with Gasteiger partial charge in [0.25, 0.3) is 0 Å². The third-order valence-corrected chi connectivity index (χ3v) is 3.52. The van der Waals surface area contributed by atoms with Crippen molar-refractivity contribution in [1.29, 1.82) is 0 Å². The zero-order chi connectivity index (χ0) is 16.7. The van der Waals surface area contributed by atoms with Crippen molar-refractivity contribution in [2.75, 3.05) is 20.6 Å². The van der Waals surface area contributed by atoms with Gasteiger partial charge in [-0.25, -0.2) is 4.79 Å². The van der Waals surface area contributed by atoms with Crippen molar-refractivity contribution in [3.05, 3.63) is 65.2 Å². The maximum Gasteiger partial charge on any atom is 0.514 e. The van der Waals surface area contributed by atoms with E-state index in [9.17, 15) is 4.79 Å². The van der Waals surface area contributed by atoms with Gasteiger partial charge < -0.3 is 14.4 Å². The number of rotatable bonds is 6. The summed E-state index contributed by atoms with van der Waals surface area (Å²) in [5.41, 5.74) is 0.890. The highest BCUT2D eigenvalue weighted by Gasteiger charge is 2.18. The Morgan fingerprint density at radius 1 is 1.08 bits per heavy atom. The Balaban J connectivity index is 0.00000288. The van der Waals surface area contributed by atoms with Crippen LogP contribution in [0.2, 0.25) is 5.02 Å². The van der Waals surface area contributed by atoms with Crippen LogP contribution in [0.25, 0.3) is 0 Å². The van der Waals surface area contributed by atoms with Crippen LogP contribution in [0.3, 0.4) is 0 Å². The van der Waals surface area contributed by atoms with Gasteiger partial charge >= 0.3 is 6.16 Å². The average Bonchev–Trinajstić information content (AvgIpc) is 2.53. The maximum absolute atomic E-state index is 12.0. The summed E-state index contributed by atoms with van der Waals surface area (Å²) in [6, 6.07) is 16.1. The Morgan fingerprint density at radius 3 is 2.29 bits per heavy atom. The number of nitrogens with zero attached hydrogens (tertiary/aromatic N) is 1.